The van der Waals surface area contributed by atoms with Crippen molar-refractivity contribution in [2.75, 3.05) is 14.1 Å². The molecule has 0 atom stereocenters. The maximum atomic E-state index is 6.13. The van der Waals surface area contributed by atoms with E-state index in [0.717, 1.165) is 23.4 Å². The molecule has 0 bridgehead atoms. The molecule has 0 aliphatic carbocycles. The SMILES string of the molecule is C=CC(C)(C)c1[nH]c2c3c(ccc2c1CN(C)C)OC(C)(C)C=C3. The first-order valence-electron chi connectivity index (χ1n) is 8.49. The smallest absolute Gasteiger partial charge is 0.129 e. The molecule has 3 heteroatoms. The first-order valence-corrected chi connectivity index (χ1v) is 8.49. The Labute approximate surface area is 145 Å². The molecule has 0 spiro atoms. The molecule has 24 heavy (non-hydrogen) atoms. The van der Waals surface area contributed by atoms with Gasteiger partial charge in [0.05, 0.1) is 5.52 Å². The molecule has 1 N–H and O–H groups in total. The number of nitrogens with one attached hydrogen (secondary N) is 1. The summed E-state index contributed by atoms with van der Waals surface area (Å²) in [6, 6.07) is 4.28. The molecule has 0 unspecified atom stereocenters. The van der Waals surface area contributed by atoms with Gasteiger partial charge in [0.2, 0.25) is 0 Å². The topological polar surface area (TPSA) is 28.3 Å². The van der Waals surface area contributed by atoms with Crippen molar-refractivity contribution in [2.24, 2.45) is 0 Å². The molecule has 1 aliphatic heterocycles. The van der Waals surface area contributed by atoms with Gasteiger partial charge in [0.1, 0.15) is 11.4 Å². The zero-order chi connectivity index (χ0) is 17.7. The van der Waals surface area contributed by atoms with Crippen LogP contribution in [0.1, 0.15) is 44.5 Å². The third kappa shape index (κ3) is 2.78. The molecule has 2 heterocycles. The van der Waals surface area contributed by atoms with E-state index in [1.807, 2.05) is 6.08 Å². The third-order valence-corrected chi connectivity index (χ3v) is 4.74. The van der Waals surface area contributed by atoms with Gasteiger partial charge in [0.15, 0.2) is 0 Å². The fourth-order valence-electron chi connectivity index (χ4n) is 3.31. The second kappa shape index (κ2) is 5.52. The Hall–Kier alpha value is -2.00. The van der Waals surface area contributed by atoms with Crippen LogP contribution in [0.15, 0.2) is 30.9 Å². The minimum absolute atomic E-state index is 0.115. The molecule has 128 valence electrons. The van der Waals surface area contributed by atoms with Crippen molar-refractivity contribution in [3.8, 4) is 5.75 Å². The quantitative estimate of drug-likeness (QED) is 0.812. The lowest BCUT2D eigenvalue weighted by Gasteiger charge is -2.28. The van der Waals surface area contributed by atoms with Crippen molar-refractivity contribution in [2.45, 2.75) is 45.3 Å². The number of allylic oxidation sites excluding steroid dienone is 1. The van der Waals surface area contributed by atoms with Crippen LogP contribution in [0.2, 0.25) is 0 Å². The number of nitrogens with zero attached hydrogens (tertiary/aromatic N) is 1. The molecule has 1 aromatic carbocycles. The van der Waals surface area contributed by atoms with E-state index in [1.54, 1.807) is 0 Å². The first kappa shape index (κ1) is 16.8. The highest BCUT2D eigenvalue weighted by molar-refractivity contribution is 5.94. The largest absolute Gasteiger partial charge is 0.483 e. The highest BCUT2D eigenvalue weighted by atomic mass is 16.5. The summed E-state index contributed by atoms with van der Waals surface area (Å²) in [7, 11) is 4.21. The number of aromatic nitrogens is 1. The van der Waals surface area contributed by atoms with Crippen LogP contribution in [-0.2, 0) is 12.0 Å². The fraction of sp³-hybridized carbons (Fsp3) is 0.429. The molecule has 1 aliphatic rings. The van der Waals surface area contributed by atoms with Gasteiger partial charge in [0.25, 0.3) is 0 Å². The lowest BCUT2D eigenvalue weighted by atomic mass is 9.86. The van der Waals surface area contributed by atoms with E-state index in [1.165, 1.54) is 16.6 Å². The van der Waals surface area contributed by atoms with Gasteiger partial charge < -0.3 is 14.6 Å². The number of rotatable bonds is 4. The standard InChI is InChI=1S/C21H28N2O/c1-8-20(2,3)19-16(13-23(6)7)14-9-10-17-15(18(14)22-19)11-12-21(4,5)24-17/h8-12,22H,1,13H2,2-7H3. The van der Waals surface area contributed by atoms with Crippen LogP contribution in [-0.4, -0.2) is 29.6 Å². The maximum Gasteiger partial charge on any atom is 0.129 e. The van der Waals surface area contributed by atoms with E-state index >= 15 is 0 Å². The number of ether oxygens (including phenoxy) is 1. The predicted molar refractivity (Wildman–Crippen MR) is 103 cm³/mol. The van der Waals surface area contributed by atoms with Crippen molar-refractivity contribution in [1.29, 1.82) is 0 Å². The second-order valence-corrected chi connectivity index (χ2v) is 8.08. The van der Waals surface area contributed by atoms with Gasteiger partial charge in [-0.3, -0.25) is 0 Å². The van der Waals surface area contributed by atoms with Gasteiger partial charge in [-0.25, -0.2) is 0 Å². The van der Waals surface area contributed by atoms with E-state index < -0.39 is 0 Å². The molecule has 0 radical (unpaired) electrons. The molecular formula is C21H28N2O. The molecule has 0 amide bonds. The normalized spacial score (nSPS) is 16.3. The van der Waals surface area contributed by atoms with Gasteiger partial charge in [-0.15, -0.1) is 6.58 Å². The molecule has 3 rings (SSSR count). The summed E-state index contributed by atoms with van der Waals surface area (Å²) in [5.74, 6) is 0.940. The number of aromatic amines is 1. The zero-order valence-electron chi connectivity index (χ0n) is 15.7. The average Bonchev–Trinajstić information content (AvgIpc) is 2.85. The predicted octanol–water partition coefficient (Wildman–Crippen LogP) is 4.88. The zero-order valence-corrected chi connectivity index (χ0v) is 15.7. The molecule has 0 saturated heterocycles. The Bertz CT molecular complexity index is 822. The molecule has 0 fully saturated rings. The highest BCUT2D eigenvalue weighted by Crippen LogP contribution is 2.40. The summed E-state index contributed by atoms with van der Waals surface area (Å²) in [5.41, 5.74) is 4.48. The molecule has 0 saturated carbocycles. The van der Waals surface area contributed by atoms with Crippen LogP contribution in [0, 0.1) is 0 Å². The van der Waals surface area contributed by atoms with Crippen LogP contribution in [0.3, 0.4) is 0 Å². The summed E-state index contributed by atoms with van der Waals surface area (Å²) in [6.07, 6.45) is 6.32. The third-order valence-electron chi connectivity index (χ3n) is 4.74. The van der Waals surface area contributed by atoms with Gasteiger partial charge in [-0.2, -0.15) is 0 Å². The number of benzene rings is 1. The average molecular weight is 324 g/mol. The van der Waals surface area contributed by atoms with Crippen molar-refractivity contribution in [3.05, 3.63) is 47.7 Å². The van der Waals surface area contributed by atoms with E-state index in [4.69, 9.17) is 4.74 Å². The maximum absolute atomic E-state index is 6.13. The van der Waals surface area contributed by atoms with Crippen LogP contribution >= 0.6 is 0 Å². The highest BCUT2D eigenvalue weighted by Gasteiger charge is 2.28. The molecular weight excluding hydrogens is 296 g/mol. The van der Waals surface area contributed by atoms with Crippen LogP contribution in [0.5, 0.6) is 5.75 Å². The minimum Gasteiger partial charge on any atom is -0.483 e. The summed E-state index contributed by atoms with van der Waals surface area (Å²) < 4.78 is 6.13. The summed E-state index contributed by atoms with van der Waals surface area (Å²) >= 11 is 0. The second-order valence-electron chi connectivity index (χ2n) is 8.08. The molecule has 2 aromatic rings. The Kier molecular flexibility index (Phi) is 3.88. The lowest BCUT2D eigenvalue weighted by Crippen LogP contribution is -2.27. The fourth-order valence-corrected chi connectivity index (χ4v) is 3.31. The summed E-state index contributed by atoms with van der Waals surface area (Å²) in [6.45, 7) is 13.5. The van der Waals surface area contributed by atoms with E-state index in [2.05, 4.69) is 82.5 Å². The first-order chi connectivity index (χ1) is 11.1. The van der Waals surface area contributed by atoms with Gasteiger partial charge >= 0.3 is 0 Å². The van der Waals surface area contributed by atoms with Crippen molar-refractivity contribution >= 4 is 17.0 Å². The summed E-state index contributed by atoms with van der Waals surface area (Å²) in [5, 5.41) is 1.26. The Balaban J connectivity index is 2.28. The molecule has 3 nitrogen and oxygen atoms in total. The van der Waals surface area contributed by atoms with Gasteiger partial charge in [0, 0.05) is 28.6 Å². The monoisotopic (exact) mass is 324 g/mol. The summed E-state index contributed by atoms with van der Waals surface area (Å²) in [4.78, 5) is 5.90. The number of H-pyrrole nitrogens is 1. The molecule has 1 aromatic heterocycles. The lowest BCUT2D eigenvalue weighted by molar-refractivity contribution is 0.159. The van der Waals surface area contributed by atoms with E-state index in [9.17, 15) is 0 Å². The number of hydrogen-bond donors (Lipinski definition) is 1. The minimum atomic E-state index is -0.261. The van der Waals surface area contributed by atoms with Crippen molar-refractivity contribution in [3.63, 3.8) is 0 Å². The Morgan fingerprint density at radius 3 is 2.62 bits per heavy atom. The van der Waals surface area contributed by atoms with Gasteiger partial charge in [-0.05, 0) is 57.8 Å². The van der Waals surface area contributed by atoms with Crippen LogP contribution < -0.4 is 4.74 Å². The van der Waals surface area contributed by atoms with Gasteiger partial charge in [-0.1, -0.05) is 19.9 Å². The Morgan fingerprint density at radius 2 is 2.00 bits per heavy atom. The van der Waals surface area contributed by atoms with E-state index in [0.29, 0.717) is 0 Å². The number of hydrogen-bond acceptors (Lipinski definition) is 2. The van der Waals surface area contributed by atoms with Crippen molar-refractivity contribution in [1.82, 2.24) is 9.88 Å². The van der Waals surface area contributed by atoms with Crippen LogP contribution in [0.25, 0.3) is 17.0 Å². The van der Waals surface area contributed by atoms with E-state index in [-0.39, 0.29) is 11.0 Å². The number of fused-ring (bicyclic) bond motifs is 3. The van der Waals surface area contributed by atoms with Crippen molar-refractivity contribution < 1.29 is 4.74 Å². The Morgan fingerprint density at radius 1 is 1.29 bits per heavy atom. The van der Waals surface area contributed by atoms with Crippen LogP contribution in [0.4, 0.5) is 0 Å².